The molecule has 0 aliphatic heterocycles. The Labute approximate surface area is 244 Å². The maximum Gasteiger partial charge on any atom is 0.341 e. The van der Waals surface area contributed by atoms with Crippen molar-refractivity contribution in [2.75, 3.05) is 23.8 Å². The lowest BCUT2D eigenvalue weighted by atomic mass is 9.96. The fourth-order valence-electron chi connectivity index (χ4n) is 4.62. The highest BCUT2D eigenvalue weighted by atomic mass is 32.2. The molecule has 1 aliphatic rings. The molecule has 0 spiro atoms. The summed E-state index contributed by atoms with van der Waals surface area (Å²) >= 11 is 2.94. The van der Waals surface area contributed by atoms with Gasteiger partial charge in [0.15, 0.2) is 6.61 Å². The molecule has 2 amide bonds. The Kier molecular flexibility index (Phi) is 11.1. The highest BCUT2D eigenvalue weighted by Crippen LogP contribution is 2.38. The first-order valence-corrected chi connectivity index (χ1v) is 15.5. The number of esters is 1. The number of thiophene rings is 1. The van der Waals surface area contributed by atoms with Gasteiger partial charge in [0.05, 0.1) is 17.4 Å². The minimum atomic E-state index is -0.382. The SMILES string of the molecule is CCOC(=O)c1c(NC(=O)C(CC)Sc2cccc(NC(=O)COc3ccccc3)c2)sc2c1CCCCCC2. The van der Waals surface area contributed by atoms with Crippen LogP contribution in [0.4, 0.5) is 10.7 Å². The molecule has 1 atom stereocenters. The van der Waals surface area contributed by atoms with Crippen LogP contribution in [-0.4, -0.2) is 36.2 Å². The van der Waals surface area contributed by atoms with Crippen LogP contribution in [-0.2, 0) is 27.2 Å². The van der Waals surface area contributed by atoms with Gasteiger partial charge in [0, 0.05) is 15.5 Å². The molecule has 0 radical (unpaired) electrons. The molecule has 212 valence electrons. The van der Waals surface area contributed by atoms with Gasteiger partial charge in [-0.3, -0.25) is 9.59 Å². The number of carbonyl (C=O) groups is 3. The maximum atomic E-state index is 13.4. The number of benzene rings is 2. The Morgan fingerprint density at radius 1 is 0.950 bits per heavy atom. The molecule has 4 rings (SSSR count). The number of hydrogen-bond donors (Lipinski definition) is 2. The van der Waals surface area contributed by atoms with E-state index in [1.807, 2.05) is 43.3 Å². The zero-order chi connectivity index (χ0) is 28.3. The predicted molar refractivity (Wildman–Crippen MR) is 162 cm³/mol. The molecule has 2 aromatic carbocycles. The summed E-state index contributed by atoms with van der Waals surface area (Å²) in [6.45, 7) is 3.94. The van der Waals surface area contributed by atoms with E-state index in [0.29, 0.717) is 28.4 Å². The van der Waals surface area contributed by atoms with Gasteiger partial charge in [0.25, 0.3) is 5.91 Å². The molecule has 40 heavy (non-hydrogen) atoms. The lowest BCUT2D eigenvalue weighted by molar-refractivity contribution is -0.118. The first kappa shape index (κ1) is 29.7. The van der Waals surface area contributed by atoms with Crippen molar-refractivity contribution in [3.8, 4) is 5.75 Å². The molecule has 1 aromatic heterocycles. The predicted octanol–water partition coefficient (Wildman–Crippen LogP) is 7.11. The van der Waals surface area contributed by atoms with E-state index in [-0.39, 0.29) is 36.2 Å². The third-order valence-corrected chi connectivity index (χ3v) is 9.13. The minimum absolute atomic E-state index is 0.102. The quantitative estimate of drug-likeness (QED) is 0.185. The number of carbonyl (C=O) groups excluding carboxylic acids is 3. The number of rotatable bonds is 11. The van der Waals surface area contributed by atoms with Crippen LogP contribution in [0.25, 0.3) is 0 Å². The van der Waals surface area contributed by atoms with Crippen LogP contribution in [0.3, 0.4) is 0 Å². The number of para-hydroxylation sites is 1. The van der Waals surface area contributed by atoms with E-state index in [2.05, 4.69) is 10.6 Å². The average molecular weight is 581 g/mol. The Morgan fingerprint density at radius 2 is 1.73 bits per heavy atom. The van der Waals surface area contributed by atoms with Crippen LogP contribution in [0, 0.1) is 0 Å². The molecular weight excluding hydrogens is 544 g/mol. The standard InChI is InChI=1S/C31H36N2O5S2/c1-3-25(39-23-16-12-13-21(19-23)32-27(34)20-38-22-14-8-7-9-15-22)29(35)33-30-28(31(36)37-4-2)24-17-10-5-6-11-18-26(24)40-30/h7-9,12-16,19,25H,3-6,10-11,17-18,20H2,1-2H3,(H,32,34)(H,33,35). The van der Waals surface area contributed by atoms with Crippen LogP contribution in [0.1, 0.15) is 66.8 Å². The molecule has 2 N–H and O–H groups in total. The highest BCUT2D eigenvalue weighted by molar-refractivity contribution is 8.00. The van der Waals surface area contributed by atoms with Gasteiger partial charge in [-0.05, 0) is 74.9 Å². The molecule has 0 bridgehead atoms. The molecular formula is C31H36N2O5S2. The summed E-state index contributed by atoms with van der Waals surface area (Å²) in [5, 5.41) is 6.13. The first-order valence-electron chi connectivity index (χ1n) is 13.8. The average Bonchev–Trinajstić information content (AvgIpc) is 3.27. The Bertz CT molecular complexity index is 1310. The number of ether oxygens (including phenoxy) is 2. The monoisotopic (exact) mass is 580 g/mol. The topological polar surface area (TPSA) is 93.7 Å². The number of amides is 2. The van der Waals surface area contributed by atoms with Crippen molar-refractivity contribution < 1.29 is 23.9 Å². The van der Waals surface area contributed by atoms with Crippen molar-refractivity contribution in [2.45, 2.75) is 68.9 Å². The molecule has 0 saturated carbocycles. The van der Waals surface area contributed by atoms with Gasteiger partial charge in [-0.2, -0.15) is 0 Å². The van der Waals surface area contributed by atoms with E-state index in [9.17, 15) is 14.4 Å². The summed E-state index contributed by atoms with van der Waals surface area (Å²) in [5.74, 6) is -0.160. The van der Waals surface area contributed by atoms with Crippen LogP contribution in [0.15, 0.2) is 59.5 Å². The van der Waals surface area contributed by atoms with Crippen molar-refractivity contribution in [1.29, 1.82) is 0 Å². The van der Waals surface area contributed by atoms with E-state index in [4.69, 9.17) is 9.47 Å². The van der Waals surface area contributed by atoms with Gasteiger partial charge < -0.3 is 20.1 Å². The largest absolute Gasteiger partial charge is 0.484 e. The van der Waals surface area contributed by atoms with Crippen LogP contribution in [0.2, 0.25) is 0 Å². The zero-order valence-electron chi connectivity index (χ0n) is 23.0. The van der Waals surface area contributed by atoms with Crippen molar-refractivity contribution in [2.24, 2.45) is 0 Å². The first-order chi connectivity index (χ1) is 19.5. The Morgan fingerprint density at radius 3 is 2.48 bits per heavy atom. The van der Waals surface area contributed by atoms with Gasteiger partial charge >= 0.3 is 5.97 Å². The lowest BCUT2D eigenvalue weighted by Crippen LogP contribution is -2.25. The third kappa shape index (κ3) is 8.11. The van der Waals surface area contributed by atoms with Crippen molar-refractivity contribution in [1.82, 2.24) is 0 Å². The smallest absolute Gasteiger partial charge is 0.341 e. The van der Waals surface area contributed by atoms with Crippen molar-refractivity contribution in [3.63, 3.8) is 0 Å². The van der Waals surface area contributed by atoms with Gasteiger partial charge in [-0.1, -0.05) is 44.0 Å². The second kappa shape index (κ2) is 14.9. The lowest BCUT2D eigenvalue weighted by Gasteiger charge is -2.16. The minimum Gasteiger partial charge on any atom is -0.484 e. The van der Waals surface area contributed by atoms with Crippen LogP contribution >= 0.6 is 23.1 Å². The molecule has 1 heterocycles. The van der Waals surface area contributed by atoms with Crippen molar-refractivity contribution >= 4 is 51.6 Å². The molecule has 3 aromatic rings. The van der Waals surface area contributed by atoms with Crippen LogP contribution in [0.5, 0.6) is 5.75 Å². The summed E-state index contributed by atoms with van der Waals surface area (Å²) in [5.41, 5.74) is 2.20. The Balaban J connectivity index is 1.42. The second-order valence-corrected chi connectivity index (χ2v) is 11.9. The number of hydrogen-bond acceptors (Lipinski definition) is 7. The molecule has 9 heteroatoms. The van der Waals surface area contributed by atoms with E-state index in [0.717, 1.165) is 42.6 Å². The van der Waals surface area contributed by atoms with Gasteiger partial charge in [-0.15, -0.1) is 23.1 Å². The number of aryl methyl sites for hydroxylation is 1. The number of anilines is 2. The van der Waals surface area contributed by atoms with Gasteiger partial charge in [0.1, 0.15) is 10.8 Å². The summed E-state index contributed by atoms with van der Waals surface area (Å²) < 4.78 is 10.9. The molecule has 1 unspecified atom stereocenters. The van der Waals surface area contributed by atoms with Crippen LogP contribution < -0.4 is 15.4 Å². The van der Waals surface area contributed by atoms with Gasteiger partial charge in [0.2, 0.25) is 5.91 Å². The fraction of sp³-hybridized carbons (Fsp3) is 0.387. The normalized spacial score (nSPS) is 13.8. The summed E-state index contributed by atoms with van der Waals surface area (Å²) in [6, 6.07) is 16.6. The number of fused-ring (bicyclic) bond motifs is 1. The summed E-state index contributed by atoms with van der Waals surface area (Å²) in [7, 11) is 0. The fourth-order valence-corrected chi connectivity index (χ4v) is 6.91. The van der Waals surface area contributed by atoms with E-state index in [1.165, 1.54) is 34.4 Å². The molecule has 0 saturated heterocycles. The summed E-state index contributed by atoms with van der Waals surface area (Å²) in [4.78, 5) is 40.8. The number of nitrogens with one attached hydrogen (secondary N) is 2. The zero-order valence-corrected chi connectivity index (χ0v) is 24.6. The molecule has 1 aliphatic carbocycles. The third-order valence-electron chi connectivity index (χ3n) is 6.56. The van der Waals surface area contributed by atoms with E-state index >= 15 is 0 Å². The van der Waals surface area contributed by atoms with E-state index < -0.39 is 0 Å². The van der Waals surface area contributed by atoms with Gasteiger partial charge in [-0.25, -0.2) is 4.79 Å². The number of thioether (sulfide) groups is 1. The maximum absolute atomic E-state index is 13.4. The van der Waals surface area contributed by atoms with E-state index in [1.54, 1.807) is 25.1 Å². The highest BCUT2D eigenvalue weighted by Gasteiger charge is 2.28. The Hall–Kier alpha value is -3.30. The molecule has 7 nitrogen and oxygen atoms in total. The molecule has 0 fully saturated rings. The summed E-state index contributed by atoms with van der Waals surface area (Å²) in [6.07, 6.45) is 6.79. The van der Waals surface area contributed by atoms with Crippen molar-refractivity contribution in [3.05, 3.63) is 70.6 Å². The second-order valence-electron chi connectivity index (χ2n) is 9.52.